The van der Waals surface area contributed by atoms with Crippen LogP contribution in [0.4, 0.5) is 4.39 Å². The van der Waals surface area contributed by atoms with Gasteiger partial charge in [-0.2, -0.15) is 0 Å². The number of nitrogens with one attached hydrogen (secondary N) is 1. The Hall–Kier alpha value is -1.64. The van der Waals surface area contributed by atoms with E-state index >= 15 is 0 Å². The molecule has 0 unspecified atom stereocenters. The second-order valence-electron chi connectivity index (χ2n) is 3.62. The largest absolute Gasteiger partial charge is 0.348 e. The van der Waals surface area contributed by atoms with Crippen molar-refractivity contribution < 1.29 is 9.18 Å². The van der Waals surface area contributed by atoms with Crippen molar-refractivity contribution in [2.75, 3.05) is 6.54 Å². The molecular formula is C12H14FNO. The van der Waals surface area contributed by atoms with Gasteiger partial charge in [-0.25, -0.2) is 4.39 Å². The van der Waals surface area contributed by atoms with Crippen molar-refractivity contribution in [1.82, 2.24) is 5.32 Å². The van der Waals surface area contributed by atoms with Gasteiger partial charge in [0.05, 0.1) is 5.56 Å². The second kappa shape index (κ2) is 4.73. The second-order valence-corrected chi connectivity index (χ2v) is 3.62. The lowest BCUT2D eigenvalue weighted by atomic mass is 10.1. The molecule has 0 bridgehead atoms. The van der Waals surface area contributed by atoms with Crippen LogP contribution in [-0.4, -0.2) is 12.5 Å². The summed E-state index contributed by atoms with van der Waals surface area (Å²) in [4.78, 5) is 11.5. The number of benzene rings is 1. The van der Waals surface area contributed by atoms with Gasteiger partial charge in [0.2, 0.25) is 0 Å². The number of carbonyl (C=O) groups excluding carboxylic acids is 1. The van der Waals surface area contributed by atoms with Gasteiger partial charge in [-0.3, -0.25) is 4.79 Å². The highest BCUT2D eigenvalue weighted by atomic mass is 19.1. The number of rotatable bonds is 3. The van der Waals surface area contributed by atoms with Crippen LogP contribution in [0.1, 0.15) is 22.8 Å². The first kappa shape index (κ1) is 11.4. The Labute approximate surface area is 88.8 Å². The van der Waals surface area contributed by atoms with E-state index in [1.807, 2.05) is 6.92 Å². The summed E-state index contributed by atoms with van der Waals surface area (Å²) in [5.74, 6) is -0.904. The minimum absolute atomic E-state index is 0.0799. The predicted molar refractivity (Wildman–Crippen MR) is 58.3 cm³/mol. The molecule has 1 rings (SSSR count). The fourth-order valence-electron chi connectivity index (χ4n) is 1.14. The first-order valence-corrected chi connectivity index (χ1v) is 4.69. The quantitative estimate of drug-likeness (QED) is 0.758. The molecule has 0 radical (unpaired) electrons. The Morgan fingerprint density at radius 2 is 2.20 bits per heavy atom. The van der Waals surface area contributed by atoms with Crippen LogP contribution < -0.4 is 5.32 Å². The molecule has 0 atom stereocenters. The summed E-state index contributed by atoms with van der Waals surface area (Å²) in [5, 5.41) is 2.59. The maximum absolute atomic E-state index is 13.3. The van der Waals surface area contributed by atoms with E-state index in [0.29, 0.717) is 6.54 Å². The van der Waals surface area contributed by atoms with Gasteiger partial charge < -0.3 is 5.32 Å². The van der Waals surface area contributed by atoms with Crippen molar-refractivity contribution in [2.45, 2.75) is 13.8 Å². The lowest BCUT2D eigenvalue weighted by Crippen LogP contribution is -2.25. The van der Waals surface area contributed by atoms with Gasteiger partial charge in [0.25, 0.3) is 5.91 Å². The molecular weight excluding hydrogens is 193 g/mol. The molecule has 1 amide bonds. The van der Waals surface area contributed by atoms with Gasteiger partial charge in [-0.15, -0.1) is 0 Å². The lowest BCUT2D eigenvalue weighted by Gasteiger charge is -2.06. The number of hydrogen-bond donors (Lipinski definition) is 1. The monoisotopic (exact) mass is 207 g/mol. The van der Waals surface area contributed by atoms with Gasteiger partial charge in [0.1, 0.15) is 5.82 Å². The van der Waals surface area contributed by atoms with Crippen LogP contribution in [0.15, 0.2) is 30.4 Å². The smallest absolute Gasteiger partial charge is 0.254 e. The molecule has 0 aromatic heterocycles. The van der Waals surface area contributed by atoms with Crippen molar-refractivity contribution >= 4 is 5.91 Å². The number of aryl methyl sites for hydroxylation is 1. The lowest BCUT2D eigenvalue weighted by molar-refractivity contribution is 0.0953. The Kier molecular flexibility index (Phi) is 3.61. The standard InChI is InChI=1S/C12H14FNO/c1-8(2)7-14-12(15)10-6-9(3)4-5-11(10)13/h4-6H,1,7H2,2-3H3,(H,14,15). The van der Waals surface area contributed by atoms with Crippen LogP contribution in [0, 0.1) is 12.7 Å². The molecule has 2 nitrogen and oxygen atoms in total. The SMILES string of the molecule is C=C(C)CNC(=O)c1cc(C)ccc1F. The first-order chi connectivity index (χ1) is 7.00. The van der Waals surface area contributed by atoms with E-state index in [9.17, 15) is 9.18 Å². The number of carbonyl (C=O) groups is 1. The van der Waals surface area contributed by atoms with Crippen molar-refractivity contribution in [2.24, 2.45) is 0 Å². The topological polar surface area (TPSA) is 29.1 Å². The number of hydrogen-bond acceptors (Lipinski definition) is 1. The Morgan fingerprint density at radius 1 is 1.53 bits per heavy atom. The van der Waals surface area contributed by atoms with Gasteiger partial charge in [0.15, 0.2) is 0 Å². The average Bonchev–Trinajstić information content (AvgIpc) is 2.18. The predicted octanol–water partition coefficient (Wildman–Crippen LogP) is 2.44. The zero-order valence-electron chi connectivity index (χ0n) is 8.93. The zero-order chi connectivity index (χ0) is 11.4. The molecule has 80 valence electrons. The highest BCUT2D eigenvalue weighted by Crippen LogP contribution is 2.09. The van der Waals surface area contributed by atoms with Crippen LogP contribution >= 0.6 is 0 Å². The van der Waals surface area contributed by atoms with E-state index in [2.05, 4.69) is 11.9 Å². The van der Waals surface area contributed by atoms with Gasteiger partial charge in [0, 0.05) is 6.54 Å². The molecule has 0 aliphatic carbocycles. The van der Waals surface area contributed by atoms with Crippen LogP contribution in [0.5, 0.6) is 0 Å². The molecule has 0 fully saturated rings. The summed E-state index contributed by atoms with van der Waals surface area (Å²) in [7, 11) is 0. The third kappa shape index (κ3) is 3.20. The van der Waals surface area contributed by atoms with Crippen LogP contribution in [-0.2, 0) is 0 Å². The number of halogens is 1. The van der Waals surface area contributed by atoms with E-state index < -0.39 is 11.7 Å². The van der Waals surface area contributed by atoms with E-state index in [4.69, 9.17) is 0 Å². The molecule has 1 aromatic rings. The average molecular weight is 207 g/mol. The van der Waals surface area contributed by atoms with E-state index in [1.165, 1.54) is 12.1 Å². The molecule has 1 aromatic carbocycles. The molecule has 1 N–H and O–H groups in total. The Balaban J connectivity index is 2.81. The molecule has 0 saturated heterocycles. The fourth-order valence-corrected chi connectivity index (χ4v) is 1.14. The summed E-state index contributed by atoms with van der Waals surface area (Å²) in [6.45, 7) is 7.63. The molecule has 0 spiro atoms. The van der Waals surface area contributed by atoms with Crippen LogP contribution in [0.25, 0.3) is 0 Å². The highest BCUT2D eigenvalue weighted by molar-refractivity contribution is 5.94. The molecule has 0 heterocycles. The van der Waals surface area contributed by atoms with Crippen molar-refractivity contribution in [1.29, 1.82) is 0 Å². The minimum atomic E-state index is -0.500. The van der Waals surface area contributed by atoms with Gasteiger partial charge in [-0.05, 0) is 26.0 Å². The van der Waals surface area contributed by atoms with Crippen molar-refractivity contribution in [3.05, 3.63) is 47.3 Å². The summed E-state index contributed by atoms with van der Waals surface area (Å²) in [6.07, 6.45) is 0. The van der Waals surface area contributed by atoms with E-state index in [1.54, 1.807) is 13.0 Å². The Bertz CT molecular complexity index is 399. The molecule has 0 aliphatic heterocycles. The third-order valence-corrected chi connectivity index (χ3v) is 1.92. The van der Waals surface area contributed by atoms with Crippen LogP contribution in [0.3, 0.4) is 0 Å². The zero-order valence-corrected chi connectivity index (χ0v) is 8.93. The number of amides is 1. The third-order valence-electron chi connectivity index (χ3n) is 1.92. The van der Waals surface area contributed by atoms with Crippen molar-refractivity contribution in [3.63, 3.8) is 0 Å². The molecule has 15 heavy (non-hydrogen) atoms. The summed E-state index contributed by atoms with van der Waals surface area (Å²) in [6, 6.07) is 4.46. The molecule has 0 saturated carbocycles. The highest BCUT2D eigenvalue weighted by Gasteiger charge is 2.10. The Morgan fingerprint density at radius 3 is 2.80 bits per heavy atom. The molecule has 0 aliphatic rings. The van der Waals surface area contributed by atoms with Crippen molar-refractivity contribution in [3.8, 4) is 0 Å². The molecule has 3 heteroatoms. The maximum Gasteiger partial charge on any atom is 0.254 e. The van der Waals surface area contributed by atoms with E-state index in [0.717, 1.165) is 11.1 Å². The minimum Gasteiger partial charge on any atom is -0.348 e. The van der Waals surface area contributed by atoms with Gasteiger partial charge >= 0.3 is 0 Å². The summed E-state index contributed by atoms with van der Waals surface area (Å²) < 4.78 is 13.3. The normalized spacial score (nSPS) is 9.80. The fraction of sp³-hybridized carbons (Fsp3) is 0.250. The summed E-state index contributed by atoms with van der Waals surface area (Å²) >= 11 is 0. The van der Waals surface area contributed by atoms with Gasteiger partial charge in [-0.1, -0.05) is 23.8 Å². The van der Waals surface area contributed by atoms with E-state index in [-0.39, 0.29) is 5.56 Å². The first-order valence-electron chi connectivity index (χ1n) is 4.69. The summed E-state index contributed by atoms with van der Waals surface area (Å²) in [5.41, 5.74) is 1.77. The maximum atomic E-state index is 13.3. The van der Waals surface area contributed by atoms with Crippen LogP contribution in [0.2, 0.25) is 0 Å².